The van der Waals surface area contributed by atoms with E-state index in [4.69, 9.17) is 4.74 Å². The molecule has 0 unspecified atom stereocenters. The van der Waals surface area contributed by atoms with Gasteiger partial charge in [0.25, 0.3) is 5.91 Å². The zero-order chi connectivity index (χ0) is 15.9. The minimum absolute atomic E-state index is 0.216. The number of rotatable bonds is 6. The first kappa shape index (κ1) is 16.2. The van der Waals surface area contributed by atoms with Crippen LogP contribution in [-0.4, -0.2) is 24.0 Å². The van der Waals surface area contributed by atoms with Crippen LogP contribution in [0, 0.1) is 0 Å². The number of esters is 1. The highest BCUT2D eigenvalue weighted by Gasteiger charge is 2.24. The van der Waals surface area contributed by atoms with E-state index in [1.54, 1.807) is 49.4 Å². The van der Waals surface area contributed by atoms with Gasteiger partial charge in [-0.15, -0.1) is 11.3 Å². The minimum Gasteiger partial charge on any atom is -0.461 e. The number of benzene rings is 1. The first-order chi connectivity index (χ1) is 10.6. The first-order valence-electron chi connectivity index (χ1n) is 7.15. The Balaban J connectivity index is 2.09. The maximum absolute atomic E-state index is 12.3. The van der Waals surface area contributed by atoms with Crippen LogP contribution in [-0.2, 0) is 16.0 Å². The summed E-state index contributed by atoms with van der Waals surface area (Å²) < 4.78 is 5.25. The van der Waals surface area contributed by atoms with E-state index in [2.05, 4.69) is 5.32 Å². The Bertz CT molecular complexity index is 608. The normalized spacial score (nSPS) is 12.0. The molecular formula is C17H19NO3S. The Morgan fingerprint density at radius 3 is 2.45 bits per heavy atom. The number of ether oxygens (including phenoxy) is 1. The zero-order valence-corrected chi connectivity index (χ0v) is 13.4. The predicted octanol–water partition coefficient (Wildman–Crippen LogP) is 3.04. The summed E-state index contributed by atoms with van der Waals surface area (Å²) in [7, 11) is 0. The highest BCUT2D eigenvalue weighted by atomic mass is 32.1. The van der Waals surface area contributed by atoms with Gasteiger partial charge in [-0.3, -0.25) is 4.79 Å². The molecule has 0 aliphatic rings. The molecule has 2 aromatic rings. The molecule has 1 N–H and O–H groups in total. The lowest BCUT2D eigenvalue weighted by molar-refractivity contribution is -0.149. The Hall–Kier alpha value is -2.14. The van der Waals surface area contributed by atoms with Crippen LogP contribution in [0.15, 0.2) is 47.8 Å². The molecule has 4 nitrogen and oxygen atoms in total. The summed E-state index contributed by atoms with van der Waals surface area (Å²) in [5, 5.41) is 4.71. The molecule has 1 atom stereocenters. The van der Waals surface area contributed by atoms with Crippen LogP contribution in [0.1, 0.15) is 29.1 Å². The average Bonchev–Trinajstić information content (AvgIpc) is 2.99. The molecule has 1 aromatic heterocycles. The summed E-state index contributed by atoms with van der Waals surface area (Å²) in [6.07, 6.45) is 0.217. The number of carbonyl (C=O) groups excluding carboxylic acids is 2. The molecule has 0 bridgehead atoms. The first-order valence-corrected chi connectivity index (χ1v) is 8.03. The van der Waals surface area contributed by atoms with E-state index in [0.717, 1.165) is 4.88 Å². The molecule has 0 saturated heterocycles. The monoisotopic (exact) mass is 317 g/mol. The van der Waals surface area contributed by atoms with Gasteiger partial charge in [0.1, 0.15) is 6.04 Å². The molecule has 0 radical (unpaired) electrons. The highest BCUT2D eigenvalue weighted by Crippen LogP contribution is 2.13. The molecule has 0 aliphatic carbocycles. The number of carbonyl (C=O) groups is 2. The molecular weight excluding hydrogens is 298 g/mol. The SMILES string of the molecule is CC(C)OC(=O)[C@@H](Cc1cccs1)NC(=O)c1ccccc1. The van der Waals surface area contributed by atoms with Gasteiger partial charge in [0.2, 0.25) is 0 Å². The third kappa shape index (κ3) is 4.70. The van der Waals surface area contributed by atoms with Crippen molar-refractivity contribution in [3.63, 3.8) is 0 Å². The molecule has 5 heteroatoms. The maximum atomic E-state index is 12.3. The van der Waals surface area contributed by atoms with E-state index in [-0.39, 0.29) is 12.0 Å². The predicted molar refractivity (Wildman–Crippen MR) is 86.9 cm³/mol. The van der Waals surface area contributed by atoms with Crippen LogP contribution in [0.5, 0.6) is 0 Å². The Kier molecular flexibility index (Phi) is 5.72. The van der Waals surface area contributed by atoms with E-state index in [1.165, 1.54) is 0 Å². The number of hydrogen-bond acceptors (Lipinski definition) is 4. The lowest BCUT2D eigenvalue weighted by Crippen LogP contribution is -2.44. The van der Waals surface area contributed by atoms with Crippen molar-refractivity contribution < 1.29 is 14.3 Å². The van der Waals surface area contributed by atoms with E-state index < -0.39 is 12.0 Å². The Labute approximate surface area is 134 Å². The molecule has 0 fully saturated rings. The van der Waals surface area contributed by atoms with Gasteiger partial charge in [0.15, 0.2) is 0 Å². The van der Waals surface area contributed by atoms with Gasteiger partial charge in [-0.05, 0) is 37.4 Å². The third-order valence-corrected chi connectivity index (χ3v) is 3.86. The number of hydrogen-bond donors (Lipinski definition) is 1. The number of thiophene rings is 1. The highest BCUT2D eigenvalue weighted by molar-refractivity contribution is 7.09. The van der Waals surface area contributed by atoms with Crippen molar-refractivity contribution >= 4 is 23.2 Å². The molecule has 0 aliphatic heterocycles. The summed E-state index contributed by atoms with van der Waals surface area (Å²) in [6, 6.07) is 12.0. The van der Waals surface area contributed by atoms with Crippen molar-refractivity contribution in [3.05, 3.63) is 58.3 Å². The van der Waals surface area contributed by atoms with Crippen LogP contribution in [0.25, 0.3) is 0 Å². The molecule has 1 aromatic carbocycles. The quantitative estimate of drug-likeness (QED) is 0.833. The van der Waals surface area contributed by atoms with Gasteiger partial charge < -0.3 is 10.1 Å². The van der Waals surface area contributed by atoms with Gasteiger partial charge in [-0.25, -0.2) is 4.79 Å². The van der Waals surface area contributed by atoms with Crippen LogP contribution in [0.4, 0.5) is 0 Å². The Morgan fingerprint density at radius 2 is 1.86 bits per heavy atom. The van der Waals surface area contributed by atoms with Gasteiger partial charge in [0.05, 0.1) is 6.10 Å². The van der Waals surface area contributed by atoms with Crippen molar-refractivity contribution in [1.82, 2.24) is 5.32 Å². The van der Waals surface area contributed by atoms with Gasteiger partial charge >= 0.3 is 5.97 Å². The van der Waals surface area contributed by atoms with E-state index in [9.17, 15) is 9.59 Å². The van der Waals surface area contributed by atoms with Crippen LogP contribution >= 0.6 is 11.3 Å². The molecule has 1 amide bonds. The van der Waals surface area contributed by atoms with Gasteiger partial charge in [-0.2, -0.15) is 0 Å². The van der Waals surface area contributed by atoms with Gasteiger partial charge in [0, 0.05) is 16.9 Å². The fraction of sp³-hybridized carbons (Fsp3) is 0.294. The molecule has 1 heterocycles. The second kappa shape index (κ2) is 7.75. The second-order valence-electron chi connectivity index (χ2n) is 5.16. The minimum atomic E-state index is -0.686. The molecule has 116 valence electrons. The van der Waals surface area contributed by atoms with Crippen LogP contribution < -0.4 is 5.32 Å². The van der Waals surface area contributed by atoms with Crippen LogP contribution in [0.3, 0.4) is 0 Å². The lowest BCUT2D eigenvalue weighted by atomic mass is 10.1. The Morgan fingerprint density at radius 1 is 1.14 bits per heavy atom. The number of nitrogens with one attached hydrogen (secondary N) is 1. The smallest absolute Gasteiger partial charge is 0.329 e. The standard InChI is InChI=1S/C17H19NO3S/c1-12(2)21-17(20)15(11-14-9-6-10-22-14)18-16(19)13-7-4-3-5-8-13/h3-10,12,15H,11H2,1-2H3,(H,18,19)/t15-/m1/s1. The third-order valence-electron chi connectivity index (χ3n) is 2.96. The molecule has 0 saturated carbocycles. The van der Waals surface area contributed by atoms with Crippen molar-refractivity contribution in [2.75, 3.05) is 0 Å². The fourth-order valence-electron chi connectivity index (χ4n) is 1.97. The molecule has 22 heavy (non-hydrogen) atoms. The lowest BCUT2D eigenvalue weighted by Gasteiger charge is -2.18. The number of amides is 1. The maximum Gasteiger partial charge on any atom is 0.329 e. The van der Waals surface area contributed by atoms with E-state index in [1.807, 2.05) is 23.6 Å². The van der Waals surface area contributed by atoms with Crippen molar-refractivity contribution in [2.45, 2.75) is 32.4 Å². The zero-order valence-electron chi connectivity index (χ0n) is 12.6. The average molecular weight is 317 g/mol. The largest absolute Gasteiger partial charge is 0.461 e. The van der Waals surface area contributed by atoms with Gasteiger partial charge in [-0.1, -0.05) is 24.3 Å². The summed E-state index contributed by atoms with van der Waals surface area (Å²) >= 11 is 1.55. The summed E-state index contributed by atoms with van der Waals surface area (Å²) in [6.45, 7) is 3.58. The molecule has 2 rings (SSSR count). The fourth-order valence-corrected chi connectivity index (χ4v) is 2.72. The molecule has 0 spiro atoms. The summed E-state index contributed by atoms with van der Waals surface area (Å²) in [4.78, 5) is 25.5. The summed E-state index contributed by atoms with van der Waals surface area (Å²) in [5.41, 5.74) is 0.524. The van der Waals surface area contributed by atoms with Crippen LogP contribution in [0.2, 0.25) is 0 Å². The second-order valence-corrected chi connectivity index (χ2v) is 6.19. The summed E-state index contributed by atoms with van der Waals surface area (Å²) in [5.74, 6) is -0.685. The van der Waals surface area contributed by atoms with Crippen molar-refractivity contribution in [2.24, 2.45) is 0 Å². The van der Waals surface area contributed by atoms with Crippen molar-refractivity contribution in [1.29, 1.82) is 0 Å². The van der Waals surface area contributed by atoms with Crippen molar-refractivity contribution in [3.8, 4) is 0 Å². The topological polar surface area (TPSA) is 55.4 Å². The van der Waals surface area contributed by atoms with E-state index in [0.29, 0.717) is 12.0 Å². The van der Waals surface area contributed by atoms with E-state index >= 15 is 0 Å².